The Morgan fingerprint density at radius 2 is 0.371 bits per heavy atom. The van der Waals surface area contributed by atoms with Crippen LogP contribution in [0.5, 0.6) is 0 Å². The van der Waals surface area contributed by atoms with Crippen LogP contribution in [0.4, 0.5) is 0 Å². The van der Waals surface area contributed by atoms with Gasteiger partial charge in [0.2, 0.25) is 0 Å². The Morgan fingerprint density at radius 3 is 0.629 bits per heavy atom. The SMILES string of the molecule is C[C@@H]1O[C@@H](O[C@@H]2[C@H](O)[C@@H](O)[C@@H](O[C@H]3C(O)O[C@H](C(=O)O)[C@H](O)[C@@H]3O)O[C@@H]2C(=O)O)[C@H](O[C@H]2O[C@H](C(=O)O)[C@H](O[C@@H]3O[C@@H](C)[C@H](O)[C@@H](O)[C@H]3O[C@H]3O[C@H](C(=O)O)[C@H](O[C@H]4O[C@H](C(=O)O)[C@H](O[C@H]5O[C@H](C(=O)O)[C@H](O[C@H]6O[C@H](C(=O)O)[C@H](O)[C@H](O)[C@H]6O)[C@H](O)[C@H]5O)[C@H](O)[C@H]4O)[C@H](O)[C@H]3O)[C@H](O)[C@H]2O)[C@H](O)[C@H]1O. The lowest BCUT2D eigenvalue weighted by atomic mass is 9.95. The van der Waals surface area contributed by atoms with Gasteiger partial charge in [-0.15, -0.1) is 0 Å². The fourth-order valence-electron chi connectivity index (χ4n) is 12.6. The Bertz CT molecular complexity index is 3030. The molecule has 9 rings (SSSR count). The Labute approximate surface area is 583 Å². The first-order valence-corrected chi connectivity index (χ1v) is 31.3. The van der Waals surface area contributed by atoms with Crippen LogP contribution in [0.3, 0.4) is 0 Å². The molecule has 0 spiro atoms. The summed E-state index contributed by atoms with van der Waals surface area (Å²) in [7, 11) is 0. The van der Waals surface area contributed by atoms with E-state index in [0.29, 0.717) is 0 Å². The first kappa shape index (κ1) is 83.8. The van der Waals surface area contributed by atoms with Crippen molar-refractivity contribution in [1.29, 1.82) is 0 Å². The number of hydrogen-bond acceptors (Lipinski definition) is 44. The second-order valence-corrected chi connectivity index (χ2v) is 25.4. The second kappa shape index (κ2) is 33.6. The molecule has 0 saturated carbocycles. The van der Waals surface area contributed by atoms with Crippen molar-refractivity contribution in [2.75, 3.05) is 0 Å². The normalized spacial score (nSPS) is 51.4. The molecule has 0 aromatic rings. The van der Waals surface area contributed by atoms with E-state index < -0.39 is 318 Å². The maximum atomic E-state index is 13.0. The van der Waals surface area contributed by atoms with Gasteiger partial charge in [0.15, 0.2) is 99.3 Å². The average Bonchev–Trinajstić information content (AvgIpc) is 0.770. The quantitative estimate of drug-likeness (QED) is 0.0452. The number of aliphatic hydroxyl groups is 20. The van der Waals surface area contributed by atoms with Gasteiger partial charge in [0.05, 0.1) is 12.2 Å². The molecule has 1 unspecified atom stereocenters. The number of rotatable bonds is 23. The van der Waals surface area contributed by atoms with Crippen molar-refractivity contribution in [3.05, 3.63) is 0 Å². The van der Waals surface area contributed by atoms with E-state index in [0.717, 1.165) is 13.8 Å². The van der Waals surface area contributed by atoms with Gasteiger partial charge >= 0.3 is 41.8 Å². The minimum absolute atomic E-state index is 1.06. The summed E-state index contributed by atoms with van der Waals surface area (Å²) in [5.74, 6) is -14.4. The number of aliphatic carboxylic acids is 7. The zero-order valence-electron chi connectivity index (χ0n) is 53.4. The number of carboxylic acid groups (broad SMARTS) is 7. The monoisotopic (exact) mass is 1540 g/mol. The van der Waals surface area contributed by atoms with E-state index in [4.69, 9.17) is 80.5 Å². The van der Waals surface area contributed by atoms with Crippen molar-refractivity contribution in [3.8, 4) is 0 Å². The lowest BCUT2D eigenvalue weighted by Crippen LogP contribution is -2.69. The zero-order valence-corrected chi connectivity index (χ0v) is 53.4. The molecule has 0 amide bonds. The number of aliphatic hydroxyl groups excluding tert-OH is 20. The molecule has 0 radical (unpaired) electrons. The van der Waals surface area contributed by atoms with E-state index in [9.17, 15) is 171 Å². The summed E-state index contributed by atoms with van der Waals surface area (Å²) in [6.07, 6.45) is -109. The summed E-state index contributed by atoms with van der Waals surface area (Å²) >= 11 is 0. The van der Waals surface area contributed by atoms with Gasteiger partial charge in [-0.25, -0.2) is 33.6 Å². The molecule has 600 valence electrons. The molecule has 9 aliphatic heterocycles. The molecular weight excluding hydrogens is 1460 g/mol. The Balaban J connectivity index is 0.863. The molecule has 9 saturated heterocycles. The Hall–Kier alpha value is -5.19. The molecule has 0 aromatic carbocycles. The van der Waals surface area contributed by atoms with Crippen molar-refractivity contribution in [3.63, 3.8) is 0 Å². The van der Waals surface area contributed by atoms with Gasteiger partial charge in [-0.2, -0.15) is 0 Å². The van der Waals surface area contributed by atoms with Crippen LogP contribution in [-0.4, -0.2) is 456 Å². The molecule has 9 aliphatic rings. The highest BCUT2D eigenvalue weighted by atomic mass is 16.8. The highest BCUT2D eigenvalue weighted by molar-refractivity contribution is 5.76. The van der Waals surface area contributed by atoms with Gasteiger partial charge < -0.3 is 218 Å². The third-order valence-corrected chi connectivity index (χ3v) is 18.5. The van der Waals surface area contributed by atoms with Crippen molar-refractivity contribution < 1.29 is 252 Å². The summed E-state index contributed by atoms with van der Waals surface area (Å²) in [4.78, 5) is 86.8. The standard InChI is InChI=1S/C54H78O51/c1-3-6(56)9(59)33(53(89-3)95-27-16(66)21(71)50(103-37(27)44(84)85)98-31-12(62)11(61)29(39(74)75)91-46(31)88)100-52-23(73)17(67)28(38(105-52)45(86)87)96-54-32(8(58)5(55)4(2)90-54)99-51-22(72)15(65)26(36(104-51)43(82)83)94-49-20(70)14(64)25(35(102-49)42(80)81)93-48-19(69)13(63)24(34(101-48)41(78)79)92-47-18(68)7(57)10(60)30(97-47)40(76)77/h3-38,46-73,88H,1-2H3,(H,74,75)(H,76,77)(H,78,79)(H,80,81)(H,82,83)(H,84,85)(H,86,87)/t3-,4-,5-,6-,7-,8+,9+,10+,11+,12-,13+,14+,15+,16+,17+,18+,19+,20+,21+,22+,23+,24+,25+,26+,27+,28+,29-,30-,31+,32+,33+,34-,35-,36-,37-,38-,46?,47-,48-,49-,50-,51-,52-,53-,54-/m0/s1. The maximum Gasteiger partial charge on any atom is 0.335 e. The minimum atomic E-state index is -2.72. The summed E-state index contributed by atoms with van der Waals surface area (Å²) in [6, 6.07) is 0. The van der Waals surface area contributed by atoms with E-state index in [1.54, 1.807) is 0 Å². The molecule has 51 nitrogen and oxygen atoms in total. The van der Waals surface area contributed by atoms with Gasteiger partial charge in [0.25, 0.3) is 0 Å². The van der Waals surface area contributed by atoms with Crippen LogP contribution < -0.4 is 0 Å². The molecule has 51 heteroatoms. The van der Waals surface area contributed by atoms with E-state index in [1.807, 2.05) is 0 Å². The molecule has 105 heavy (non-hydrogen) atoms. The number of carbonyl (C=O) groups is 7. The van der Waals surface area contributed by atoms with Gasteiger partial charge in [-0.3, -0.25) is 0 Å². The largest absolute Gasteiger partial charge is 0.479 e. The lowest BCUT2D eigenvalue weighted by Gasteiger charge is -2.49. The molecule has 27 N–H and O–H groups in total. The third-order valence-electron chi connectivity index (χ3n) is 18.5. The molecule has 9 heterocycles. The molecule has 9 fully saturated rings. The third kappa shape index (κ3) is 16.8. The second-order valence-electron chi connectivity index (χ2n) is 25.4. The van der Waals surface area contributed by atoms with Crippen molar-refractivity contribution >= 4 is 41.8 Å². The first-order chi connectivity index (χ1) is 49.0. The highest BCUT2D eigenvalue weighted by Crippen LogP contribution is 2.40. The Morgan fingerprint density at radius 1 is 0.190 bits per heavy atom. The molecule has 0 aliphatic carbocycles. The van der Waals surface area contributed by atoms with Crippen LogP contribution in [-0.2, 0) is 114 Å². The predicted molar refractivity (Wildman–Crippen MR) is 298 cm³/mol. The van der Waals surface area contributed by atoms with Crippen LogP contribution in [0.15, 0.2) is 0 Å². The molecule has 45 atom stereocenters. The lowest BCUT2D eigenvalue weighted by molar-refractivity contribution is -0.402. The van der Waals surface area contributed by atoms with Crippen molar-refractivity contribution in [2.24, 2.45) is 0 Å². The summed E-state index contributed by atoms with van der Waals surface area (Å²) in [5.41, 5.74) is 0. The fraction of sp³-hybridized carbons (Fsp3) is 0.870. The summed E-state index contributed by atoms with van der Waals surface area (Å²) in [5, 5.41) is 290. The molecule has 0 aromatic heterocycles. The van der Waals surface area contributed by atoms with Gasteiger partial charge in [0.1, 0.15) is 165 Å². The number of ether oxygens (including phenoxy) is 17. The first-order valence-electron chi connectivity index (χ1n) is 31.3. The topological polar surface area (TPSA) is 823 Å². The molecule has 0 bridgehead atoms. The zero-order chi connectivity index (χ0) is 78.0. The summed E-state index contributed by atoms with van der Waals surface area (Å²) in [6.45, 7) is 2.16. The van der Waals surface area contributed by atoms with E-state index in [1.165, 1.54) is 0 Å². The average molecular weight is 1540 g/mol. The highest BCUT2D eigenvalue weighted by Gasteiger charge is 2.63. The van der Waals surface area contributed by atoms with Crippen LogP contribution in [0, 0.1) is 0 Å². The maximum absolute atomic E-state index is 13.0. The number of carboxylic acids is 7. The van der Waals surface area contributed by atoms with Crippen molar-refractivity contribution in [2.45, 2.75) is 290 Å². The Kier molecular flexibility index (Phi) is 26.8. The number of hydrogen-bond donors (Lipinski definition) is 27. The van der Waals surface area contributed by atoms with Gasteiger partial charge in [0, 0.05) is 0 Å². The smallest absolute Gasteiger partial charge is 0.335 e. The van der Waals surface area contributed by atoms with E-state index in [-0.39, 0.29) is 0 Å². The minimum Gasteiger partial charge on any atom is -0.479 e. The van der Waals surface area contributed by atoms with E-state index >= 15 is 0 Å². The molecular formula is C54H78O51. The van der Waals surface area contributed by atoms with Crippen LogP contribution in [0.1, 0.15) is 13.8 Å². The van der Waals surface area contributed by atoms with Crippen LogP contribution in [0.25, 0.3) is 0 Å². The summed E-state index contributed by atoms with van der Waals surface area (Å²) < 4.78 is 91.4. The van der Waals surface area contributed by atoms with Gasteiger partial charge in [-0.1, -0.05) is 0 Å². The van der Waals surface area contributed by atoms with E-state index in [2.05, 4.69) is 0 Å². The van der Waals surface area contributed by atoms with Gasteiger partial charge in [-0.05, 0) is 13.8 Å². The van der Waals surface area contributed by atoms with Crippen molar-refractivity contribution in [1.82, 2.24) is 0 Å². The predicted octanol–water partition coefficient (Wildman–Crippen LogP) is -17.9. The van der Waals surface area contributed by atoms with Crippen LogP contribution >= 0.6 is 0 Å². The fourth-order valence-corrected chi connectivity index (χ4v) is 12.6. The van der Waals surface area contributed by atoms with Crippen LogP contribution in [0.2, 0.25) is 0 Å².